The van der Waals surface area contributed by atoms with Gasteiger partial charge in [0.15, 0.2) is 6.54 Å². The van der Waals surface area contributed by atoms with Crippen molar-refractivity contribution in [2.45, 2.75) is 39.7 Å². The Bertz CT molecular complexity index is 791. The standard InChI is InChI=1S/C21H30N4O4/c1-5-14-10-8-9-11-16(14)22-18(26)13-25(4)12-17-19(20(27)29-7-3)15(6-2)23-21(28)24-17/h8-11,15H,5-7,12-13H2,1-4H3,(H,22,26)(H2,23,24,28)/p+1/t15-/m0/s1. The summed E-state index contributed by atoms with van der Waals surface area (Å²) in [5.74, 6) is -0.579. The van der Waals surface area contributed by atoms with Gasteiger partial charge >= 0.3 is 12.0 Å². The summed E-state index contributed by atoms with van der Waals surface area (Å²) in [6.45, 7) is 6.43. The van der Waals surface area contributed by atoms with E-state index in [1.165, 1.54) is 0 Å². The molecule has 0 bridgehead atoms. The third kappa shape index (κ3) is 6.05. The zero-order valence-electron chi connectivity index (χ0n) is 17.6. The fraction of sp³-hybridized carbons (Fsp3) is 0.476. The average molecular weight is 404 g/mol. The molecule has 1 aromatic rings. The van der Waals surface area contributed by atoms with Crippen molar-refractivity contribution in [3.63, 3.8) is 0 Å². The number of benzene rings is 1. The van der Waals surface area contributed by atoms with E-state index in [-0.39, 0.29) is 25.1 Å². The fourth-order valence-electron chi connectivity index (χ4n) is 3.38. The Kier molecular flexibility index (Phi) is 8.21. The molecule has 0 fully saturated rings. The summed E-state index contributed by atoms with van der Waals surface area (Å²) >= 11 is 0. The van der Waals surface area contributed by atoms with Gasteiger partial charge in [0.25, 0.3) is 5.91 Å². The lowest BCUT2D eigenvalue weighted by molar-refractivity contribution is -0.866. The Balaban J connectivity index is 2.11. The quantitative estimate of drug-likeness (QED) is 0.454. The van der Waals surface area contributed by atoms with Gasteiger partial charge in [-0.25, -0.2) is 9.59 Å². The van der Waals surface area contributed by atoms with Crippen LogP contribution in [0, 0.1) is 0 Å². The van der Waals surface area contributed by atoms with Crippen molar-refractivity contribution in [1.29, 1.82) is 0 Å². The predicted molar refractivity (Wildman–Crippen MR) is 110 cm³/mol. The number of para-hydroxylation sites is 1. The average Bonchev–Trinajstić information content (AvgIpc) is 2.67. The molecule has 0 aromatic heterocycles. The van der Waals surface area contributed by atoms with E-state index in [1.807, 2.05) is 45.2 Å². The molecule has 1 heterocycles. The lowest BCUT2D eigenvalue weighted by Gasteiger charge is -2.29. The molecular formula is C21H31N4O4+. The van der Waals surface area contributed by atoms with Gasteiger partial charge in [-0.2, -0.15) is 0 Å². The Labute approximate surface area is 171 Å². The van der Waals surface area contributed by atoms with Crippen LogP contribution in [0.5, 0.6) is 0 Å². The summed E-state index contributed by atoms with van der Waals surface area (Å²) in [6, 6.07) is 6.94. The first-order valence-corrected chi connectivity index (χ1v) is 10.1. The number of likely N-dealkylation sites (N-methyl/N-ethyl adjacent to an activating group) is 1. The molecular weight excluding hydrogens is 372 g/mol. The number of rotatable bonds is 9. The Morgan fingerprint density at radius 2 is 1.93 bits per heavy atom. The highest BCUT2D eigenvalue weighted by Crippen LogP contribution is 2.16. The molecule has 29 heavy (non-hydrogen) atoms. The van der Waals surface area contributed by atoms with Crippen LogP contribution < -0.4 is 20.9 Å². The van der Waals surface area contributed by atoms with Gasteiger partial charge < -0.3 is 25.6 Å². The lowest BCUT2D eigenvalue weighted by Crippen LogP contribution is -3.10. The molecule has 4 N–H and O–H groups in total. The van der Waals surface area contributed by atoms with Crippen LogP contribution in [0.3, 0.4) is 0 Å². The van der Waals surface area contributed by atoms with Crippen molar-refractivity contribution in [1.82, 2.24) is 10.6 Å². The summed E-state index contributed by atoms with van der Waals surface area (Å²) in [7, 11) is 1.84. The number of anilines is 1. The molecule has 3 amide bonds. The maximum absolute atomic E-state index is 12.5. The second kappa shape index (κ2) is 10.6. The fourth-order valence-corrected chi connectivity index (χ4v) is 3.38. The Morgan fingerprint density at radius 1 is 1.21 bits per heavy atom. The molecule has 8 nitrogen and oxygen atoms in total. The van der Waals surface area contributed by atoms with Crippen molar-refractivity contribution in [2.24, 2.45) is 0 Å². The highest BCUT2D eigenvalue weighted by molar-refractivity contribution is 5.95. The summed E-state index contributed by atoms with van der Waals surface area (Å²) in [5.41, 5.74) is 2.80. The second-order valence-electron chi connectivity index (χ2n) is 7.04. The first kappa shape index (κ1) is 22.4. The number of aryl methyl sites for hydroxylation is 1. The van der Waals surface area contributed by atoms with Gasteiger partial charge in [0.05, 0.1) is 31.0 Å². The number of esters is 1. The molecule has 1 unspecified atom stereocenters. The lowest BCUT2D eigenvalue weighted by atomic mass is 10.00. The maximum Gasteiger partial charge on any atom is 0.338 e. The van der Waals surface area contributed by atoms with Gasteiger partial charge in [-0.15, -0.1) is 0 Å². The van der Waals surface area contributed by atoms with Crippen molar-refractivity contribution in [2.75, 3.05) is 32.1 Å². The van der Waals surface area contributed by atoms with E-state index in [1.54, 1.807) is 6.92 Å². The summed E-state index contributed by atoms with van der Waals surface area (Å²) < 4.78 is 5.17. The van der Waals surface area contributed by atoms with Gasteiger partial charge in [-0.05, 0) is 31.4 Å². The monoisotopic (exact) mass is 403 g/mol. The third-order valence-corrected chi connectivity index (χ3v) is 4.76. The molecule has 8 heteroatoms. The van der Waals surface area contributed by atoms with E-state index in [0.717, 1.165) is 22.6 Å². The minimum Gasteiger partial charge on any atom is -0.463 e. The Hall–Kier alpha value is -2.87. The normalized spacial score (nSPS) is 17.2. The van der Waals surface area contributed by atoms with Crippen LogP contribution in [0.15, 0.2) is 35.5 Å². The van der Waals surface area contributed by atoms with E-state index >= 15 is 0 Å². The molecule has 0 aliphatic carbocycles. The van der Waals surface area contributed by atoms with Gasteiger partial charge in [0.1, 0.15) is 6.54 Å². The van der Waals surface area contributed by atoms with Crippen LogP contribution in [-0.2, 0) is 20.7 Å². The highest BCUT2D eigenvalue weighted by Gasteiger charge is 2.33. The first-order valence-electron chi connectivity index (χ1n) is 10.1. The number of urea groups is 1. The number of hydrogen-bond donors (Lipinski definition) is 4. The number of hydrogen-bond acceptors (Lipinski definition) is 4. The number of ether oxygens (including phenoxy) is 1. The van der Waals surface area contributed by atoms with Crippen LogP contribution in [0.1, 0.15) is 32.8 Å². The SMILES string of the molecule is CCOC(=O)C1=C(C[NH+](C)CC(=O)Nc2ccccc2CC)NC(=O)N[C@H]1CC. The number of quaternary nitrogens is 1. The van der Waals surface area contributed by atoms with Gasteiger partial charge in [-0.1, -0.05) is 32.0 Å². The smallest absolute Gasteiger partial charge is 0.338 e. The summed E-state index contributed by atoms with van der Waals surface area (Å²) in [4.78, 5) is 37.8. The molecule has 0 radical (unpaired) electrons. The van der Waals surface area contributed by atoms with Crippen LogP contribution in [0.2, 0.25) is 0 Å². The number of nitrogens with one attached hydrogen (secondary N) is 4. The first-order chi connectivity index (χ1) is 13.9. The third-order valence-electron chi connectivity index (χ3n) is 4.76. The predicted octanol–water partition coefficient (Wildman–Crippen LogP) is 0.611. The van der Waals surface area contributed by atoms with E-state index in [4.69, 9.17) is 4.74 Å². The van der Waals surface area contributed by atoms with Crippen LogP contribution in [0.25, 0.3) is 0 Å². The minimum absolute atomic E-state index is 0.131. The molecule has 0 saturated heterocycles. The van der Waals surface area contributed by atoms with Gasteiger partial charge in [0, 0.05) is 5.69 Å². The van der Waals surface area contributed by atoms with E-state index in [0.29, 0.717) is 24.2 Å². The molecule has 1 aliphatic heterocycles. The minimum atomic E-state index is -0.448. The summed E-state index contributed by atoms with van der Waals surface area (Å²) in [6.07, 6.45) is 1.39. The van der Waals surface area contributed by atoms with Crippen LogP contribution >= 0.6 is 0 Å². The van der Waals surface area contributed by atoms with Gasteiger partial charge in [-0.3, -0.25) is 4.79 Å². The molecule has 0 spiro atoms. The van der Waals surface area contributed by atoms with Crippen LogP contribution in [0.4, 0.5) is 10.5 Å². The zero-order valence-corrected chi connectivity index (χ0v) is 17.6. The molecule has 1 aliphatic rings. The maximum atomic E-state index is 12.5. The van der Waals surface area contributed by atoms with E-state index in [9.17, 15) is 14.4 Å². The van der Waals surface area contributed by atoms with Crippen molar-refractivity contribution >= 4 is 23.6 Å². The van der Waals surface area contributed by atoms with Crippen molar-refractivity contribution in [3.05, 3.63) is 41.1 Å². The number of carbonyl (C=O) groups excluding carboxylic acids is 3. The van der Waals surface area contributed by atoms with Crippen molar-refractivity contribution in [3.8, 4) is 0 Å². The van der Waals surface area contributed by atoms with Gasteiger partial charge in [0.2, 0.25) is 0 Å². The molecule has 1 aromatic carbocycles. The second-order valence-corrected chi connectivity index (χ2v) is 7.04. The number of amides is 3. The molecule has 2 atom stereocenters. The van der Waals surface area contributed by atoms with E-state index in [2.05, 4.69) is 16.0 Å². The molecule has 2 rings (SSSR count). The zero-order chi connectivity index (χ0) is 21.4. The molecule has 158 valence electrons. The van der Waals surface area contributed by atoms with E-state index < -0.39 is 12.0 Å². The molecule has 0 saturated carbocycles. The van der Waals surface area contributed by atoms with Crippen molar-refractivity contribution < 1.29 is 24.0 Å². The highest BCUT2D eigenvalue weighted by atomic mass is 16.5. The largest absolute Gasteiger partial charge is 0.463 e. The topological polar surface area (TPSA) is 101 Å². The number of carbonyl (C=O) groups is 3. The van der Waals surface area contributed by atoms with Crippen LogP contribution in [-0.4, -0.2) is 50.7 Å². The summed E-state index contributed by atoms with van der Waals surface area (Å²) in [5, 5.41) is 8.41. The Morgan fingerprint density at radius 3 is 2.59 bits per heavy atom.